The second-order valence-corrected chi connectivity index (χ2v) is 4.26. The molecule has 1 aliphatic heterocycles. The first kappa shape index (κ1) is 10.8. The Labute approximate surface area is 95.0 Å². The molecule has 0 radical (unpaired) electrons. The molecule has 1 aliphatic rings. The molecule has 0 fully saturated rings. The van der Waals surface area contributed by atoms with E-state index in [2.05, 4.69) is 10.3 Å². The van der Waals surface area contributed by atoms with Crippen LogP contribution in [0.5, 0.6) is 0 Å². The number of carbonyl (C=O) groups is 1. The number of ketones is 1. The molecule has 0 amide bonds. The van der Waals surface area contributed by atoms with Gasteiger partial charge in [0.1, 0.15) is 5.54 Å². The molecule has 84 valence electrons. The highest BCUT2D eigenvalue weighted by atomic mass is 16.1. The molecule has 1 heterocycles. The van der Waals surface area contributed by atoms with Crippen LogP contribution in [0.4, 0.5) is 0 Å². The van der Waals surface area contributed by atoms with Gasteiger partial charge in [-0.2, -0.15) is 5.11 Å². The van der Waals surface area contributed by atoms with Gasteiger partial charge in [-0.05, 0) is 19.4 Å². The van der Waals surface area contributed by atoms with Gasteiger partial charge in [-0.1, -0.05) is 35.6 Å². The molecule has 0 spiro atoms. The highest BCUT2D eigenvalue weighted by molar-refractivity contribution is 5.86. The number of carbonyl (C=O) groups excluding carboxylic acids is 1. The van der Waals surface area contributed by atoms with Gasteiger partial charge >= 0.3 is 0 Å². The Morgan fingerprint density at radius 1 is 1.44 bits per heavy atom. The average molecular weight is 217 g/mol. The lowest BCUT2D eigenvalue weighted by Crippen LogP contribution is -2.47. The SMILES string of the molecule is CC(=O)C1(C)CN=NN1Cc1ccccc1. The van der Waals surface area contributed by atoms with Crippen molar-refractivity contribution in [2.24, 2.45) is 10.3 Å². The molecular formula is C12H15N3O. The normalized spacial score (nSPS) is 23.8. The Balaban J connectivity index is 2.16. The van der Waals surface area contributed by atoms with Crippen LogP contribution in [0.25, 0.3) is 0 Å². The Hall–Kier alpha value is -1.71. The minimum absolute atomic E-state index is 0.105. The van der Waals surface area contributed by atoms with Crippen molar-refractivity contribution >= 4 is 5.78 Å². The number of hydrogen-bond donors (Lipinski definition) is 0. The van der Waals surface area contributed by atoms with E-state index < -0.39 is 5.54 Å². The summed E-state index contributed by atoms with van der Waals surface area (Å²) < 4.78 is 0. The highest BCUT2D eigenvalue weighted by Gasteiger charge is 2.40. The Morgan fingerprint density at radius 2 is 2.12 bits per heavy atom. The van der Waals surface area contributed by atoms with Crippen molar-refractivity contribution in [3.63, 3.8) is 0 Å². The fourth-order valence-corrected chi connectivity index (χ4v) is 1.68. The third kappa shape index (κ3) is 1.83. The van der Waals surface area contributed by atoms with Crippen LogP contribution in [0.3, 0.4) is 0 Å². The van der Waals surface area contributed by atoms with E-state index in [1.165, 1.54) is 0 Å². The molecule has 0 bridgehead atoms. The van der Waals surface area contributed by atoms with Gasteiger partial charge in [0.25, 0.3) is 0 Å². The first-order valence-corrected chi connectivity index (χ1v) is 5.33. The number of nitrogens with zero attached hydrogens (tertiary/aromatic N) is 3. The number of benzene rings is 1. The summed E-state index contributed by atoms with van der Waals surface area (Å²) >= 11 is 0. The minimum Gasteiger partial charge on any atom is -0.297 e. The summed E-state index contributed by atoms with van der Waals surface area (Å²) in [5, 5.41) is 9.78. The van der Waals surface area contributed by atoms with E-state index in [1.807, 2.05) is 37.3 Å². The maximum absolute atomic E-state index is 11.6. The van der Waals surface area contributed by atoms with Crippen LogP contribution in [-0.2, 0) is 11.3 Å². The first-order valence-electron chi connectivity index (χ1n) is 5.33. The Bertz CT molecular complexity index is 416. The predicted octanol–water partition coefficient (Wildman–Crippen LogP) is 2.22. The predicted molar refractivity (Wildman–Crippen MR) is 60.8 cm³/mol. The average Bonchev–Trinajstić information content (AvgIpc) is 2.63. The molecule has 0 aromatic heterocycles. The third-order valence-corrected chi connectivity index (χ3v) is 3.05. The van der Waals surface area contributed by atoms with E-state index in [9.17, 15) is 4.79 Å². The van der Waals surface area contributed by atoms with Crippen molar-refractivity contribution in [1.82, 2.24) is 5.01 Å². The summed E-state index contributed by atoms with van der Waals surface area (Å²) in [7, 11) is 0. The zero-order valence-electron chi connectivity index (χ0n) is 9.55. The van der Waals surface area contributed by atoms with Gasteiger partial charge in [0.2, 0.25) is 0 Å². The lowest BCUT2D eigenvalue weighted by atomic mass is 9.97. The molecule has 4 heteroatoms. The molecular weight excluding hydrogens is 202 g/mol. The van der Waals surface area contributed by atoms with Crippen LogP contribution in [-0.4, -0.2) is 22.9 Å². The smallest absolute Gasteiger partial charge is 0.158 e. The van der Waals surface area contributed by atoms with E-state index in [1.54, 1.807) is 11.9 Å². The summed E-state index contributed by atoms with van der Waals surface area (Å²) in [4.78, 5) is 11.6. The molecule has 16 heavy (non-hydrogen) atoms. The maximum Gasteiger partial charge on any atom is 0.158 e. The van der Waals surface area contributed by atoms with Crippen molar-refractivity contribution < 1.29 is 4.79 Å². The van der Waals surface area contributed by atoms with Crippen molar-refractivity contribution in [2.75, 3.05) is 6.54 Å². The molecule has 4 nitrogen and oxygen atoms in total. The van der Waals surface area contributed by atoms with Gasteiger partial charge in [-0.15, -0.1) is 0 Å². The molecule has 2 rings (SSSR count). The second kappa shape index (κ2) is 4.04. The van der Waals surface area contributed by atoms with Crippen LogP contribution >= 0.6 is 0 Å². The summed E-state index contributed by atoms with van der Waals surface area (Å²) in [6, 6.07) is 9.98. The van der Waals surface area contributed by atoms with Crippen molar-refractivity contribution in [2.45, 2.75) is 25.9 Å². The summed E-state index contributed by atoms with van der Waals surface area (Å²) in [6.07, 6.45) is 0. The Kier molecular flexibility index (Phi) is 2.73. The molecule has 1 aromatic carbocycles. The first-order chi connectivity index (χ1) is 7.63. The van der Waals surface area contributed by atoms with Crippen LogP contribution in [0.1, 0.15) is 19.4 Å². The molecule has 1 aromatic rings. The fourth-order valence-electron chi connectivity index (χ4n) is 1.68. The molecule has 0 N–H and O–H groups in total. The van der Waals surface area contributed by atoms with Gasteiger partial charge in [0.05, 0.1) is 13.1 Å². The van der Waals surface area contributed by atoms with Crippen LogP contribution in [0, 0.1) is 0 Å². The number of hydrogen-bond acceptors (Lipinski definition) is 4. The van der Waals surface area contributed by atoms with E-state index in [-0.39, 0.29) is 5.78 Å². The lowest BCUT2D eigenvalue weighted by molar-refractivity contribution is -0.126. The zero-order chi connectivity index (χ0) is 11.6. The van der Waals surface area contributed by atoms with Gasteiger partial charge in [0, 0.05) is 0 Å². The van der Waals surface area contributed by atoms with Crippen molar-refractivity contribution in [1.29, 1.82) is 0 Å². The second-order valence-electron chi connectivity index (χ2n) is 4.26. The van der Waals surface area contributed by atoms with Crippen LogP contribution in [0.2, 0.25) is 0 Å². The fraction of sp³-hybridized carbons (Fsp3) is 0.417. The minimum atomic E-state index is -0.574. The monoisotopic (exact) mass is 217 g/mol. The molecule has 1 atom stereocenters. The van der Waals surface area contributed by atoms with Crippen LogP contribution < -0.4 is 0 Å². The van der Waals surface area contributed by atoms with E-state index >= 15 is 0 Å². The molecule has 0 aliphatic carbocycles. The zero-order valence-corrected chi connectivity index (χ0v) is 9.55. The quantitative estimate of drug-likeness (QED) is 0.779. The van der Waals surface area contributed by atoms with Gasteiger partial charge < -0.3 is 0 Å². The summed E-state index contributed by atoms with van der Waals surface area (Å²) in [5.74, 6) is 0.105. The Morgan fingerprint density at radius 3 is 2.75 bits per heavy atom. The number of Topliss-reactive ketones (excluding diaryl/α,β-unsaturated/α-hetero) is 1. The standard InChI is InChI=1S/C12H15N3O/c1-10(16)12(2)9-13-14-15(12)8-11-6-4-3-5-7-11/h3-7H,8-9H2,1-2H3. The number of rotatable bonds is 3. The lowest BCUT2D eigenvalue weighted by Gasteiger charge is -2.29. The maximum atomic E-state index is 11.6. The van der Waals surface area contributed by atoms with Gasteiger partial charge in [-0.25, -0.2) is 0 Å². The summed E-state index contributed by atoms with van der Waals surface area (Å²) in [5.41, 5.74) is 0.561. The summed E-state index contributed by atoms with van der Waals surface area (Å²) in [6.45, 7) is 4.56. The molecule has 1 unspecified atom stereocenters. The highest BCUT2D eigenvalue weighted by Crippen LogP contribution is 2.25. The molecule has 0 saturated carbocycles. The largest absolute Gasteiger partial charge is 0.297 e. The molecule has 0 saturated heterocycles. The van der Waals surface area contributed by atoms with Crippen molar-refractivity contribution in [3.8, 4) is 0 Å². The van der Waals surface area contributed by atoms with E-state index in [4.69, 9.17) is 0 Å². The van der Waals surface area contributed by atoms with Crippen LogP contribution in [0.15, 0.2) is 40.7 Å². The van der Waals surface area contributed by atoms with E-state index in [0.717, 1.165) is 5.56 Å². The van der Waals surface area contributed by atoms with Gasteiger partial charge in [-0.3, -0.25) is 9.80 Å². The van der Waals surface area contributed by atoms with Crippen molar-refractivity contribution in [3.05, 3.63) is 35.9 Å². The topological polar surface area (TPSA) is 45.0 Å². The van der Waals surface area contributed by atoms with E-state index in [0.29, 0.717) is 13.1 Å². The van der Waals surface area contributed by atoms with Gasteiger partial charge in [0.15, 0.2) is 5.78 Å². The third-order valence-electron chi connectivity index (χ3n) is 3.05.